The monoisotopic (exact) mass is 390 g/mol. The van der Waals surface area contributed by atoms with Crippen molar-refractivity contribution in [1.29, 1.82) is 0 Å². The summed E-state index contributed by atoms with van der Waals surface area (Å²) < 4.78 is 6.13. The number of aromatic nitrogens is 2. The van der Waals surface area contributed by atoms with E-state index in [-0.39, 0.29) is 22.4 Å². The Hall–Kier alpha value is -2.71. The van der Waals surface area contributed by atoms with Crippen LogP contribution in [0.15, 0.2) is 52.4 Å². The summed E-state index contributed by atoms with van der Waals surface area (Å²) in [5.41, 5.74) is 0.621. The number of benzene rings is 2. The number of para-hydroxylation sites is 1. The van der Waals surface area contributed by atoms with Gasteiger partial charge in [-0.15, -0.1) is 0 Å². The van der Waals surface area contributed by atoms with Gasteiger partial charge in [0.1, 0.15) is 5.75 Å². The van der Waals surface area contributed by atoms with Gasteiger partial charge in [-0.3, -0.25) is 9.59 Å². The molecule has 1 heterocycles. The summed E-state index contributed by atoms with van der Waals surface area (Å²) in [7, 11) is 1.50. The van der Waals surface area contributed by atoms with Gasteiger partial charge in [-0.25, -0.2) is 9.66 Å². The molecule has 1 amide bonds. The number of carbonyl (C=O) groups is 1. The van der Waals surface area contributed by atoms with E-state index in [4.69, 9.17) is 22.2 Å². The summed E-state index contributed by atoms with van der Waals surface area (Å²) in [5.74, 6) is 6.00. The highest BCUT2D eigenvalue weighted by atomic mass is 35.5. The van der Waals surface area contributed by atoms with E-state index in [1.165, 1.54) is 7.11 Å². The molecule has 0 aliphatic heterocycles. The second-order valence-corrected chi connectivity index (χ2v) is 6.65. The second-order valence-electron chi connectivity index (χ2n) is 5.27. The van der Waals surface area contributed by atoms with E-state index in [0.29, 0.717) is 27.4 Å². The molecule has 2 aromatic carbocycles. The summed E-state index contributed by atoms with van der Waals surface area (Å²) in [4.78, 5) is 28.8. The summed E-state index contributed by atoms with van der Waals surface area (Å²) >= 11 is 7.01. The summed E-state index contributed by atoms with van der Waals surface area (Å²) in [6.07, 6.45) is 0. The quantitative estimate of drug-likeness (QED) is 0.394. The van der Waals surface area contributed by atoms with Crippen LogP contribution in [0.4, 0.5) is 5.69 Å². The highest BCUT2D eigenvalue weighted by Gasteiger charge is 2.13. The summed E-state index contributed by atoms with van der Waals surface area (Å²) in [6, 6.07) is 11.8. The molecule has 0 saturated carbocycles. The minimum absolute atomic E-state index is 0.0116. The number of amides is 1. The molecule has 0 saturated heterocycles. The van der Waals surface area contributed by atoms with Crippen molar-refractivity contribution in [2.24, 2.45) is 0 Å². The molecular weight excluding hydrogens is 376 g/mol. The molecule has 0 fully saturated rings. The second kappa shape index (κ2) is 7.67. The maximum atomic E-state index is 12.3. The summed E-state index contributed by atoms with van der Waals surface area (Å²) in [6.45, 7) is 0. The zero-order chi connectivity index (χ0) is 18.7. The largest absolute Gasteiger partial charge is 0.495 e. The minimum atomic E-state index is -0.366. The van der Waals surface area contributed by atoms with Gasteiger partial charge in [0, 0.05) is 5.02 Å². The van der Waals surface area contributed by atoms with Gasteiger partial charge < -0.3 is 15.9 Å². The Labute approximate surface area is 158 Å². The third kappa shape index (κ3) is 3.76. The van der Waals surface area contributed by atoms with Gasteiger partial charge in [0.05, 0.1) is 29.5 Å². The molecule has 0 spiro atoms. The predicted molar refractivity (Wildman–Crippen MR) is 104 cm³/mol. The number of thioether (sulfide) groups is 1. The average Bonchev–Trinajstić information content (AvgIpc) is 2.64. The van der Waals surface area contributed by atoms with E-state index >= 15 is 0 Å². The van der Waals surface area contributed by atoms with Crippen LogP contribution in [0.1, 0.15) is 0 Å². The van der Waals surface area contributed by atoms with E-state index in [0.717, 1.165) is 16.4 Å². The van der Waals surface area contributed by atoms with Crippen molar-refractivity contribution in [3.05, 3.63) is 57.8 Å². The SMILES string of the molecule is COc1ccc(Cl)cc1NC(=O)CSc1nc2ccccc2c(=O)n1N. The molecule has 1 aromatic heterocycles. The molecule has 9 heteroatoms. The van der Waals surface area contributed by atoms with Crippen molar-refractivity contribution in [3.8, 4) is 5.75 Å². The van der Waals surface area contributed by atoms with Crippen molar-refractivity contribution in [2.45, 2.75) is 5.16 Å². The number of hydrogen-bond acceptors (Lipinski definition) is 6. The molecule has 0 radical (unpaired) electrons. The number of ether oxygens (including phenoxy) is 1. The average molecular weight is 391 g/mol. The molecule has 7 nitrogen and oxygen atoms in total. The van der Waals surface area contributed by atoms with Crippen LogP contribution in [-0.4, -0.2) is 28.4 Å². The number of carbonyl (C=O) groups excluding carboxylic acids is 1. The molecule has 0 aliphatic carbocycles. The van der Waals surface area contributed by atoms with Gasteiger partial charge in [0.25, 0.3) is 5.56 Å². The fourth-order valence-corrected chi connectivity index (χ4v) is 3.21. The number of rotatable bonds is 5. The number of nitrogens with two attached hydrogens (primary N) is 1. The third-order valence-corrected chi connectivity index (χ3v) is 4.73. The van der Waals surface area contributed by atoms with Crippen LogP contribution in [0.3, 0.4) is 0 Å². The Balaban J connectivity index is 1.76. The highest BCUT2D eigenvalue weighted by Crippen LogP contribution is 2.28. The molecule has 3 aromatic rings. The van der Waals surface area contributed by atoms with E-state index in [2.05, 4.69) is 10.3 Å². The Morgan fingerprint density at radius 3 is 2.88 bits per heavy atom. The maximum absolute atomic E-state index is 12.3. The van der Waals surface area contributed by atoms with Gasteiger partial charge in [0.2, 0.25) is 5.91 Å². The molecule has 134 valence electrons. The number of nitrogens with zero attached hydrogens (tertiary/aromatic N) is 2. The normalized spacial score (nSPS) is 10.7. The zero-order valence-corrected chi connectivity index (χ0v) is 15.3. The van der Waals surface area contributed by atoms with Gasteiger partial charge in [-0.05, 0) is 30.3 Å². The lowest BCUT2D eigenvalue weighted by atomic mass is 10.2. The van der Waals surface area contributed by atoms with Crippen LogP contribution >= 0.6 is 23.4 Å². The first-order valence-electron chi connectivity index (χ1n) is 7.52. The number of methoxy groups -OCH3 is 1. The molecule has 0 aliphatic rings. The van der Waals surface area contributed by atoms with E-state index in [1.54, 1.807) is 42.5 Å². The van der Waals surface area contributed by atoms with Crippen LogP contribution in [-0.2, 0) is 4.79 Å². The molecule has 26 heavy (non-hydrogen) atoms. The summed E-state index contributed by atoms with van der Waals surface area (Å²) in [5, 5.41) is 3.87. The van der Waals surface area contributed by atoms with Gasteiger partial charge >= 0.3 is 0 Å². The lowest BCUT2D eigenvalue weighted by Gasteiger charge is -2.11. The van der Waals surface area contributed by atoms with Crippen LogP contribution < -0.4 is 21.5 Å². The highest BCUT2D eigenvalue weighted by molar-refractivity contribution is 7.99. The Morgan fingerprint density at radius 2 is 2.12 bits per heavy atom. The maximum Gasteiger partial charge on any atom is 0.280 e. The van der Waals surface area contributed by atoms with Crippen molar-refractivity contribution in [3.63, 3.8) is 0 Å². The Morgan fingerprint density at radius 1 is 1.35 bits per heavy atom. The first-order valence-corrected chi connectivity index (χ1v) is 8.89. The molecule has 3 N–H and O–H groups in total. The first kappa shape index (κ1) is 18.1. The lowest BCUT2D eigenvalue weighted by Crippen LogP contribution is -2.30. The topological polar surface area (TPSA) is 99.2 Å². The van der Waals surface area contributed by atoms with E-state index < -0.39 is 0 Å². The predicted octanol–water partition coefficient (Wildman–Crippen LogP) is 2.50. The minimum Gasteiger partial charge on any atom is -0.495 e. The van der Waals surface area contributed by atoms with Gasteiger partial charge in [-0.2, -0.15) is 0 Å². The number of nitrogens with one attached hydrogen (secondary N) is 1. The Bertz CT molecular complexity index is 1040. The first-order chi connectivity index (χ1) is 12.5. The third-order valence-electron chi connectivity index (χ3n) is 3.54. The number of anilines is 1. The number of hydrogen-bond donors (Lipinski definition) is 2. The van der Waals surface area contributed by atoms with E-state index in [9.17, 15) is 9.59 Å². The van der Waals surface area contributed by atoms with Crippen molar-refractivity contribution in [1.82, 2.24) is 9.66 Å². The van der Waals surface area contributed by atoms with Crippen molar-refractivity contribution in [2.75, 3.05) is 24.0 Å². The van der Waals surface area contributed by atoms with Crippen LogP contribution in [0.25, 0.3) is 10.9 Å². The number of halogens is 1. The molecule has 0 unspecified atom stereocenters. The fourth-order valence-electron chi connectivity index (χ4n) is 2.32. The molecular formula is C17H15ClN4O3S. The smallest absolute Gasteiger partial charge is 0.280 e. The molecule has 3 rings (SSSR count). The molecule has 0 bridgehead atoms. The van der Waals surface area contributed by atoms with Gasteiger partial charge in [0.15, 0.2) is 5.16 Å². The van der Waals surface area contributed by atoms with Crippen molar-refractivity contribution < 1.29 is 9.53 Å². The zero-order valence-electron chi connectivity index (χ0n) is 13.7. The molecule has 0 atom stereocenters. The van der Waals surface area contributed by atoms with Crippen molar-refractivity contribution >= 4 is 45.9 Å². The van der Waals surface area contributed by atoms with Crippen LogP contribution in [0, 0.1) is 0 Å². The van der Waals surface area contributed by atoms with E-state index in [1.807, 2.05) is 0 Å². The fraction of sp³-hybridized carbons (Fsp3) is 0.118. The standard InChI is InChI=1S/C17H15ClN4O3S/c1-25-14-7-6-10(18)8-13(14)20-15(23)9-26-17-21-12-5-3-2-4-11(12)16(24)22(17)19/h2-8H,9,19H2,1H3,(H,20,23). The van der Waals surface area contributed by atoms with Crippen LogP contribution in [0.2, 0.25) is 5.02 Å². The van der Waals surface area contributed by atoms with Gasteiger partial charge in [-0.1, -0.05) is 35.5 Å². The number of nitrogen functional groups attached to an aromatic ring is 1. The number of fused-ring (bicyclic) bond motifs is 1. The Kier molecular flexibility index (Phi) is 5.34. The lowest BCUT2D eigenvalue weighted by molar-refractivity contribution is -0.113. The van der Waals surface area contributed by atoms with Crippen LogP contribution in [0.5, 0.6) is 5.75 Å².